The Hall–Kier alpha value is -1.60. The van der Waals surface area contributed by atoms with Gasteiger partial charge in [-0.2, -0.15) is 22.0 Å². The van der Waals surface area contributed by atoms with Crippen LogP contribution in [0.15, 0.2) is 18.5 Å². The van der Waals surface area contributed by atoms with Crippen LogP contribution in [0.4, 0.5) is 26.3 Å². The van der Waals surface area contributed by atoms with E-state index in [1.165, 1.54) is 0 Å². The molecule has 0 N–H and O–H groups in total. The van der Waals surface area contributed by atoms with E-state index in [1.54, 1.807) is 0 Å². The Morgan fingerprint density at radius 1 is 1.12 bits per heavy atom. The lowest BCUT2D eigenvalue weighted by atomic mass is 10.1. The highest BCUT2D eigenvalue weighted by atomic mass is 19.4. The third-order valence-electron chi connectivity index (χ3n) is 1.61. The number of aromatic nitrogens is 1. The van der Waals surface area contributed by atoms with E-state index < -0.39 is 29.3 Å². The van der Waals surface area contributed by atoms with E-state index in [2.05, 4.69) is 4.98 Å². The van der Waals surface area contributed by atoms with Crippen molar-refractivity contribution in [1.29, 1.82) is 0 Å². The molecule has 0 bridgehead atoms. The Balaban J connectivity index is 3.12. The maximum Gasteiger partial charge on any atom is 0.461 e. The number of hydrogen-bond donors (Lipinski definition) is 0. The number of carbonyl (C=O) groups excluding carboxylic acids is 1. The van der Waals surface area contributed by atoms with Crippen LogP contribution in [-0.2, 0) is 0 Å². The van der Waals surface area contributed by atoms with E-state index in [-0.39, 0.29) is 6.07 Å². The maximum atomic E-state index is 12.5. The second-order valence-electron chi connectivity index (χ2n) is 2.79. The third-order valence-corrected chi connectivity index (χ3v) is 1.61. The molecule has 0 aromatic carbocycles. The van der Waals surface area contributed by atoms with Crippen LogP contribution in [0.25, 0.3) is 0 Å². The van der Waals surface area contributed by atoms with Gasteiger partial charge in [-0.05, 0) is 6.07 Å². The molecular weight excluding hydrogens is 240 g/mol. The van der Waals surface area contributed by atoms with Gasteiger partial charge in [0, 0.05) is 11.8 Å². The fourth-order valence-electron chi connectivity index (χ4n) is 0.846. The van der Waals surface area contributed by atoms with E-state index in [9.17, 15) is 31.1 Å². The van der Waals surface area contributed by atoms with Gasteiger partial charge in [-0.3, -0.25) is 9.78 Å². The minimum absolute atomic E-state index is 0.259. The van der Waals surface area contributed by atoms with Gasteiger partial charge in [-0.25, -0.2) is 4.39 Å². The number of halogens is 6. The largest absolute Gasteiger partial charge is 0.461 e. The van der Waals surface area contributed by atoms with E-state index in [0.29, 0.717) is 12.4 Å². The van der Waals surface area contributed by atoms with Crippen molar-refractivity contribution in [3.05, 3.63) is 29.8 Å². The molecule has 0 fully saturated rings. The van der Waals surface area contributed by atoms with Gasteiger partial charge in [0.2, 0.25) is 5.78 Å². The van der Waals surface area contributed by atoms with Crippen LogP contribution in [0.1, 0.15) is 10.4 Å². The Kier molecular flexibility index (Phi) is 2.93. The van der Waals surface area contributed by atoms with Gasteiger partial charge in [-0.15, -0.1) is 0 Å². The number of carbonyl (C=O) groups is 1. The quantitative estimate of drug-likeness (QED) is 0.590. The van der Waals surface area contributed by atoms with E-state index >= 15 is 0 Å². The number of ketones is 1. The molecule has 16 heavy (non-hydrogen) atoms. The Morgan fingerprint density at radius 3 is 2.12 bits per heavy atom. The number of rotatable bonds is 2. The number of hydrogen-bond acceptors (Lipinski definition) is 2. The van der Waals surface area contributed by atoms with Gasteiger partial charge in [-0.1, -0.05) is 0 Å². The van der Waals surface area contributed by atoms with Crippen molar-refractivity contribution in [3.63, 3.8) is 0 Å². The Labute approximate surface area is 84.9 Å². The number of alkyl halides is 5. The average Bonchev–Trinajstić information content (AvgIpc) is 2.14. The predicted octanol–water partition coefficient (Wildman–Crippen LogP) is 2.60. The summed E-state index contributed by atoms with van der Waals surface area (Å²) in [5, 5.41) is 0. The lowest BCUT2D eigenvalue weighted by Gasteiger charge is -2.17. The lowest BCUT2D eigenvalue weighted by molar-refractivity contribution is -0.255. The fourth-order valence-corrected chi connectivity index (χ4v) is 0.846. The van der Waals surface area contributed by atoms with Crippen LogP contribution >= 0.6 is 0 Å². The monoisotopic (exact) mass is 243 g/mol. The topological polar surface area (TPSA) is 30.0 Å². The molecule has 0 amide bonds. The molecule has 0 aliphatic carbocycles. The summed E-state index contributed by atoms with van der Waals surface area (Å²) in [6.45, 7) is 0. The normalized spacial score (nSPS) is 12.6. The molecule has 8 heteroatoms. The van der Waals surface area contributed by atoms with Crippen molar-refractivity contribution in [2.45, 2.75) is 12.1 Å². The highest BCUT2D eigenvalue weighted by Gasteiger charge is 2.63. The zero-order valence-corrected chi connectivity index (χ0v) is 7.36. The van der Waals surface area contributed by atoms with Gasteiger partial charge in [0.15, 0.2) is 0 Å². The predicted molar refractivity (Wildman–Crippen MR) is 39.5 cm³/mol. The number of nitrogens with zero attached hydrogens (tertiary/aromatic N) is 1. The molecular formula is C8H3F6NO. The molecule has 1 rings (SSSR count). The summed E-state index contributed by atoms with van der Waals surface area (Å²) in [6, 6.07) is 0.259. The SMILES string of the molecule is O=C(c1cncc(F)c1)C(F)(F)C(F)(F)F. The molecule has 1 aromatic heterocycles. The van der Waals surface area contributed by atoms with Gasteiger partial charge >= 0.3 is 12.1 Å². The van der Waals surface area contributed by atoms with Crippen molar-refractivity contribution >= 4 is 5.78 Å². The van der Waals surface area contributed by atoms with E-state index in [0.717, 1.165) is 0 Å². The van der Waals surface area contributed by atoms with E-state index in [4.69, 9.17) is 0 Å². The zero-order chi connectivity index (χ0) is 12.6. The first-order valence-corrected chi connectivity index (χ1v) is 3.76. The average molecular weight is 243 g/mol. The molecule has 0 atom stereocenters. The van der Waals surface area contributed by atoms with Gasteiger partial charge < -0.3 is 0 Å². The summed E-state index contributed by atoms with van der Waals surface area (Å²) in [4.78, 5) is 13.8. The summed E-state index contributed by atoms with van der Waals surface area (Å²) < 4.78 is 72.9. The summed E-state index contributed by atoms with van der Waals surface area (Å²) in [5.74, 6) is -9.27. The molecule has 0 unspecified atom stereocenters. The van der Waals surface area contributed by atoms with Crippen LogP contribution in [0.5, 0.6) is 0 Å². The van der Waals surface area contributed by atoms with Crippen molar-refractivity contribution < 1.29 is 31.1 Å². The standard InChI is InChI=1S/C8H3F6NO/c9-5-1-4(2-15-3-5)6(16)7(10,11)8(12,13)14/h1-3H. The van der Waals surface area contributed by atoms with Crippen LogP contribution in [0, 0.1) is 5.82 Å². The molecule has 0 spiro atoms. The Morgan fingerprint density at radius 2 is 1.69 bits per heavy atom. The molecule has 0 aliphatic rings. The molecule has 0 saturated carbocycles. The number of pyridine rings is 1. The van der Waals surface area contributed by atoms with Gasteiger partial charge in [0.05, 0.1) is 6.20 Å². The molecule has 1 heterocycles. The zero-order valence-electron chi connectivity index (χ0n) is 7.36. The minimum Gasteiger partial charge on any atom is -0.287 e. The van der Waals surface area contributed by atoms with Gasteiger partial charge in [0.1, 0.15) is 5.82 Å². The van der Waals surface area contributed by atoms with E-state index in [1.807, 2.05) is 0 Å². The van der Waals surface area contributed by atoms with Crippen molar-refractivity contribution in [2.24, 2.45) is 0 Å². The molecule has 1 aromatic rings. The summed E-state index contributed by atoms with van der Waals surface area (Å²) in [6.07, 6.45) is -5.01. The first kappa shape index (κ1) is 12.5. The number of Topliss-reactive ketones (excluding diaryl/α,β-unsaturated/α-hetero) is 1. The first-order chi connectivity index (χ1) is 7.16. The van der Waals surface area contributed by atoms with Crippen LogP contribution in [-0.4, -0.2) is 22.9 Å². The first-order valence-electron chi connectivity index (χ1n) is 3.76. The van der Waals surface area contributed by atoms with Crippen molar-refractivity contribution in [3.8, 4) is 0 Å². The minimum atomic E-state index is -6.02. The highest BCUT2D eigenvalue weighted by Crippen LogP contribution is 2.37. The lowest BCUT2D eigenvalue weighted by Crippen LogP contribution is -2.44. The highest BCUT2D eigenvalue weighted by molar-refractivity contribution is 6.01. The van der Waals surface area contributed by atoms with Crippen LogP contribution in [0.3, 0.4) is 0 Å². The summed E-state index contributed by atoms with van der Waals surface area (Å²) >= 11 is 0. The molecule has 0 saturated heterocycles. The van der Waals surface area contributed by atoms with Crippen molar-refractivity contribution in [2.75, 3.05) is 0 Å². The maximum absolute atomic E-state index is 12.5. The van der Waals surface area contributed by atoms with Crippen LogP contribution in [0.2, 0.25) is 0 Å². The second-order valence-corrected chi connectivity index (χ2v) is 2.79. The smallest absolute Gasteiger partial charge is 0.287 e. The summed E-state index contributed by atoms with van der Waals surface area (Å²) in [7, 11) is 0. The van der Waals surface area contributed by atoms with Gasteiger partial charge in [0.25, 0.3) is 0 Å². The molecule has 0 radical (unpaired) electrons. The van der Waals surface area contributed by atoms with Crippen LogP contribution < -0.4 is 0 Å². The molecule has 0 aliphatic heterocycles. The Bertz CT molecular complexity index is 413. The third kappa shape index (κ3) is 2.15. The second kappa shape index (κ2) is 3.76. The molecule has 2 nitrogen and oxygen atoms in total. The van der Waals surface area contributed by atoms with Crippen molar-refractivity contribution in [1.82, 2.24) is 4.98 Å². The fraction of sp³-hybridized carbons (Fsp3) is 0.250. The summed E-state index contributed by atoms with van der Waals surface area (Å²) in [5.41, 5.74) is -1.14. The molecule has 88 valence electrons.